The van der Waals surface area contributed by atoms with E-state index in [2.05, 4.69) is 21.2 Å². The fourth-order valence-corrected chi connectivity index (χ4v) is 2.36. The normalized spacial score (nSPS) is 11.6. The van der Waals surface area contributed by atoms with Crippen LogP contribution in [0.3, 0.4) is 0 Å². The van der Waals surface area contributed by atoms with E-state index in [4.69, 9.17) is 4.74 Å². The highest BCUT2D eigenvalue weighted by molar-refractivity contribution is 9.10. The predicted molar refractivity (Wildman–Crippen MR) is 88.7 cm³/mol. The van der Waals surface area contributed by atoms with Crippen LogP contribution >= 0.6 is 15.9 Å². The van der Waals surface area contributed by atoms with Gasteiger partial charge in [-0.2, -0.15) is 0 Å². The average Bonchev–Trinajstić information content (AvgIpc) is 2.59. The molecule has 0 fully saturated rings. The Hall–Kier alpha value is -2.25. The Morgan fingerprint density at radius 1 is 1.21 bits per heavy atom. The minimum absolute atomic E-state index is 0.114. The van der Waals surface area contributed by atoms with Crippen molar-refractivity contribution in [2.45, 2.75) is 12.6 Å². The molecule has 1 atom stereocenters. The Kier molecular flexibility index (Phi) is 6.45. The van der Waals surface area contributed by atoms with Crippen molar-refractivity contribution in [1.29, 1.82) is 0 Å². The van der Waals surface area contributed by atoms with Gasteiger partial charge in [-0.15, -0.1) is 0 Å². The second-order valence-corrected chi connectivity index (χ2v) is 5.77. The third kappa shape index (κ3) is 4.87. The number of aliphatic hydroxyl groups excluding tert-OH is 1. The molecule has 1 unspecified atom stereocenters. The van der Waals surface area contributed by atoms with Crippen LogP contribution in [0.15, 0.2) is 53.0 Å². The zero-order chi connectivity index (χ0) is 17.5. The van der Waals surface area contributed by atoms with Gasteiger partial charge in [-0.1, -0.05) is 40.2 Å². The molecule has 0 saturated heterocycles. The second-order valence-electron chi connectivity index (χ2n) is 4.92. The largest absolute Gasteiger partial charge is 0.459 e. The molecule has 0 radical (unpaired) electrons. The minimum atomic E-state index is -1.18. The second kappa shape index (κ2) is 8.56. The number of carbonyl (C=O) groups is 2. The number of carbonyl (C=O) groups excluding carboxylic acids is 2. The number of hydrogen-bond donors (Lipinski definition) is 2. The van der Waals surface area contributed by atoms with Gasteiger partial charge in [0, 0.05) is 15.6 Å². The summed E-state index contributed by atoms with van der Waals surface area (Å²) in [6.45, 7) is -0.709. The summed E-state index contributed by atoms with van der Waals surface area (Å²) in [6, 6.07) is 11.1. The van der Waals surface area contributed by atoms with Crippen LogP contribution in [0, 0.1) is 5.82 Å². The molecule has 2 N–H and O–H groups in total. The van der Waals surface area contributed by atoms with Crippen molar-refractivity contribution in [3.63, 3.8) is 0 Å². The van der Waals surface area contributed by atoms with Crippen molar-refractivity contribution in [3.05, 3.63) is 69.9 Å². The third-order valence-corrected chi connectivity index (χ3v) is 3.93. The van der Waals surface area contributed by atoms with E-state index in [1.54, 1.807) is 30.3 Å². The maximum atomic E-state index is 13.0. The van der Waals surface area contributed by atoms with Gasteiger partial charge in [0.2, 0.25) is 0 Å². The van der Waals surface area contributed by atoms with Gasteiger partial charge in [-0.05, 0) is 24.3 Å². The molecule has 0 aromatic heterocycles. The SMILES string of the molecule is O=C(NC(CO)C(=O)OCc1ccc(F)cc1Br)c1ccccc1. The first-order valence-electron chi connectivity index (χ1n) is 7.08. The summed E-state index contributed by atoms with van der Waals surface area (Å²) in [7, 11) is 0. The zero-order valence-electron chi connectivity index (χ0n) is 12.5. The topological polar surface area (TPSA) is 75.6 Å². The van der Waals surface area contributed by atoms with Crippen LogP contribution in [0.1, 0.15) is 15.9 Å². The van der Waals surface area contributed by atoms with Crippen LogP contribution in [0.4, 0.5) is 4.39 Å². The molecule has 0 aliphatic carbocycles. The van der Waals surface area contributed by atoms with E-state index in [1.165, 1.54) is 18.2 Å². The van der Waals surface area contributed by atoms with Gasteiger partial charge in [-0.25, -0.2) is 9.18 Å². The highest BCUT2D eigenvalue weighted by atomic mass is 79.9. The lowest BCUT2D eigenvalue weighted by atomic mass is 10.2. The molecule has 2 aromatic rings. The fourth-order valence-electron chi connectivity index (χ4n) is 1.90. The van der Waals surface area contributed by atoms with Crippen LogP contribution in [-0.4, -0.2) is 29.6 Å². The molecule has 0 aliphatic rings. The molecule has 0 bridgehead atoms. The Balaban J connectivity index is 1.95. The first-order chi connectivity index (χ1) is 11.5. The Morgan fingerprint density at radius 2 is 1.92 bits per heavy atom. The van der Waals surface area contributed by atoms with Gasteiger partial charge < -0.3 is 15.2 Å². The molecule has 0 heterocycles. The van der Waals surface area contributed by atoms with Crippen molar-refractivity contribution < 1.29 is 23.8 Å². The summed E-state index contributed by atoms with van der Waals surface area (Å²) < 4.78 is 18.6. The van der Waals surface area contributed by atoms with Crippen LogP contribution < -0.4 is 5.32 Å². The lowest BCUT2D eigenvalue weighted by Gasteiger charge is -2.16. The van der Waals surface area contributed by atoms with Crippen molar-refractivity contribution in [2.24, 2.45) is 0 Å². The van der Waals surface area contributed by atoms with E-state index in [-0.39, 0.29) is 6.61 Å². The van der Waals surface area contributed by atoms with Crippen LogP contribution in [-0.2, 0) is 16.1 Å². The van der Waals surface area contributed by atoms with Gasteiger partial charge in [0.1, 0.15) is 12.4 Å². The van der Waals surface area contributed by atoms with Gasteiger partial charge in [-0.3, -0.25) is 4.79 Å². The monoisotopic (exact) mass is 395 g/mol. The molecule has 2 rings (SSSR count). The first kappa shape index (κ1) is 18.1. The molecule has 5 nitrogen and oxygen atoms in total. The standard InChI is InChI=1S/C17H15BrFNO4/c18-14-8-13(19)7-6-12(14)10-24-17(23)15(9-21)20-16(22)11-4-2-1-3-5-11/h1-8,15,21H,9-10H2,(H,20,22). The van der Waals surface area contributed by atoms with E-state index in [0.717, 1.165) is 0 Å². The molecule has 0 spiro atoms. The number of aliphatic hydroxyl groups is 1. The Morgan fingerprint density at radius 3 is 2.54 bits per heavy atom. The number of esters is 1. The van der Waals surface area contributed by atoms with Crippen molar-refractivity contribution in [2.75, 3.05) is 6.61 Å². The van der Waals surface area contributed by atoms with Crippen molar-refractivity contribution in [3.8, 4) is 0 Å². The lowest BCUT2D eigenvalue weighted by Crippen LogP contribution is -2.44. The summed E-state index contributed by atoms with van der Waals surface area (Å²) in [6.07, 6.45) is 0. The van der Waals surface area contributed by atoms with Crippen LogP contribution in [0.25, 0.3) is 0 Å². The van der Waals surface area contributed by atoms with E-state index < -0.39 is 30.3 Å². The first-order valence-corrected chi connectivity index (χ1v) is 7.88. The molecule has 2 aromatic carbocycles. The third-order valence-electron chi connectivity index (χ3n) is 3.19. The number of amides is 1. The molecule has 1 amide bonds. The molecule has 0 aliphatic heterocycles. The van der Waals surface area contributed by atoms with E-state index in [1.807, 2.05) is 0 Å². The highest BCUT2D eigenvalue weighted by Gasteiger charge is 2.22. The maximum Gasteiger partial charge on any atom is 0.331 e. The number of benzene rings is 2. The Bertz CT molecular complexity index is 724. The number of rotatable bonds is 6. The summed E-state index contributed by atoms with van der Waals surface area (Å²) in [5, 5.41) is 11.7. The van der Waals surface area contributed by atoms with Gasteiger partial charge in [0.15, 0.2) is 6.04 Å². The summed E-state index contributed by atoms with van der Waals surface area (Å²) in [5.74, 6) is -1.69. The highest BCUT2D eigenvalue weighted by Crippen LogP contribution is 2.19. The smallest absolute Gasteiger partial charge is 0.331 e. The van der Waals surface area contributed by atoms with Crippen LogP contribution in [0.5, 0.6) is 0 Å². The average molecular weight is 396 g/mol. The summed E-state index contributed by atoms with van der Waals surface area (Å²) in [4.78, 5) is 24.0. The molecule has 24 heavy (non-hydrogen) atoms. The van der Waals surface area contributed by atoms with Crippen molar-refractivity contribution in [1.82, 2.24) is 5.32 Å². The quantitative estimate of drug-likeness (QED) is 0.736. The maximum absolute atomic E-state index is 13.0. The number of halogens is 2. The minimum Gasteiger partial charge on any atom is -0.459 e. The van der Waals surface area contributed by atoms with Gasteiger partial charge in [0.05, 0.1) is 6.61 Å². The van der Waals surface area contributed by atoms with Crippen LogP contribution in [0.2, 0.25) is 0 Å². The van der Waals surface area contributed by atoms with Gasteiger partial charge >= 0.3 is 5.97 Å². The molecule has 7 heteroatoms. The number of ether oxygens (including phenoxy) is 1. The molecular weight excluding hydrogens is 381 g/mol. The molecule has 126 valence electrons. The number of nitrogens with one attached hydrogen (secondary N) is 1. The molecule has 0 saturated carbocycles. The van der Waals surface area contributed by atoms with E-state index in [0.29, 0.717) is 15.6 Å². The van der Waals surface area contributed by atoms with Gasteiger partial charge in [0.25, 0.3) is 5.91 Å². The summed E-state index contributed by atoms with van der Waals surface area (Å²) in [5.41, 5.74) is 0.931. The lowest BCUT2D eigenvalue weighted by molar-refractivity contribution is -0.148. The predicted octanol–water partition coefficient (Wildman–Crippen LogP) is 2.42. The fraction of sp³-hybridized carbons (Fsp3) is 0.176. The van der Waals surface area contributed by atoms with E-state index >= 15 is 0 Å². The van der Waals surface area contributed by atoms with E-state index in [9.17, 15) is 19.1 Å². The number of hydrogen-bond acceptors (Lipinski definition) is 4. The Labute approximate surface area is 146 Å². The molecular formula is C17H15BrFNO4. The van der Waals surface area contributed by atoms with Crippen molar-refractivity contribution >= 4 is 27.8 Å². The summed E-state index contributed by atoms with van der Waals surface area (Å²) >= 11 is 3.17. The zero-order valence-corrected chi connectivity index (χ0v) is 14.1.